The average Bonchev–Trinajstić information content (AvgIpc) is 2.32. The fourth-order valence-electron chi connectivity index (χ4n) is 1.39. The van der Waals surface area contributed by atoms with E-state index in [4.69, 9.17) is 13.9 Å². The Morgan fingerprint density at radius 3 is 2.11 bits per heavy atom. The molecule has 0 saturated carbocycles. The van der Waals surface area contributed by atoms with Gasteiger partial charge in [-0.05, 0) is 25.2 Å². The first-order valence-corrected chi connectivity index (χ1v) is 9.82. The minimum Gasteiger partial charge on any atom is -0.415 e. The molecule has 3 nitrogen and oxygen atoms in total. The lowest BCUT2D eigenvalue weighted by Gasteiger charge is -2.16. The van der Waals surface area contributed by atoms with Crippen molar-refractivity contribution in [1.29, 1.82) is 0 Å². The van der Waals surface area contributed by atoms with Crippen LogP contribution in [0.4, 0.5) is 0 Å². The highest BCUT2D eigenvalue weighted by Crippen LogP contribution is 2.02. The number of ether oxygens (including phenoxy) is 2. The monoisotopic (exact) mass is 268 g/mol. The van der Waals surface area contributed by atoms with E-state index in [1.54, 1.807) is 0 Å². The summed E-state index contributed by atoms with van der Waals surface area (Å²) in [6, 6.07) is 10.2. The highest BCUT2D eigenvalue weighted by molar-refractivity contribution is 6.69. The second-order valence-corrected chi connectivity index (χ2v) is 9.62. The van der Waals surface area contributed by atoms with Gasteiger partial charge in [0.05, 0.1) is 33.0 Å². The molecular weight excluding hydrogens is 244 g/mol. The van der Waals surface area contributed by atoms with Crippen molar-refractivity contribution in [2.24, 2.45) is 0 Å². The molecule has 0 aliphatic rings. The maximum Gasteiger partial charge on any atom is 0.183 e. The predicted molar refractivity (Wildman–Crippen MR) is 76.2 cm³/mol. The molecule has 0 unspecified atom stereocenters. The van der Waals surface area contributed by atoms with Gasteiger partial charge in [0.1, 0.15) is 0 Å². The van der Waals surface area contributed by atoms with Crippen molar-refractivity contribution in [3.05, 3.63) is 35.9 Å². The molecule has 0 aromatic heterocycles. The van der Waals surface area contributed by atoms with Crippen molar-refractivity contribution < 1.29 is 13.9 Å². The molecule has 0 heterocycles. The van der Waals surface area contributed by atoms with Crippen molar-refractivity contribution in [1.82, 2.24) is 0 Å². The lowest BCUT2D eigenvalue weighted by atomic mass is 10.2. The largest absolute Gasteiger partial charge is 0.415 e. The van der Waals surface area contributed by atoms with E-state index in [9.17, 15) is 0 Å². The van der Waals surface area contributed by atoms with Crippen LogP contribution in [0.3, 0.4) is 0 Å². The number of benzene rings is 1. The summed E-state index contributed by atoms with van der Waals surface area (Å²) in [5.74, 6) is 0. The molecule has 0 aliphatic carbocycles. The lowest BCUT2D eigenvalue weighted by molar-refractivity contribution is 0.0295. The molecule has 0 atom stereocenters. The summed E-state index contributed by atoms with van der Waals surface area (Å²) in [4.78, 5) is 0. The summed E-state index contributed by atoms with van der Waals surface area (Å²) >= 11 is 0. The van der Waals surface area contributed by atoms with E-state index in [1.807, 2.05) is 18.2 Å². The molecule has 1 aromatic carbocycles. The lowest BCUT2D eigenvalue weighted by Crippen LogP contribution is -2.27. The van der Waals surface area contributed by atoms with Crippen molar-refractivity contribution in [3.63, 3.8) is 0 Å². The summed E-state index contributed by atoms with van der Waals surface area (Å²) in [5, 5.41) is 0. The van der Waals surface area contributed by atoms with Crippen LogP contribution in [-0.2, 0) is 20.5 Å². The van der Waals surface area contributed by atoms with E-state index in [2.05, 4.69) is 31.8 Å². The molecule has 0 spiro atoms. The van der Waals surface area contributed by atoms with Gasteiger partial charge in [-0.2, -0.15) is 0 Å². The SMILES string of the molecule is C[Si](C)(C)OCCOCCOCc1ccccc1. The Morgan fingerprint density at radius 1 is 0.833 bits per heavy atom. The normalized spacial score (nSPS) is 11.7. The van der Waals surface area contributed by atoms with Crippen molar-refractivity contribution in [2.45, 2.75) is 26.2 Å². The van der Waals surface area contributed by atoms with Gasteiger partial charge in [0.2, 0.25) is 0 Å². The Kier molecular flexibility index (Phi) is 7.20. The predicted octanol–water partition coefficient (Wildman–Crippen LogP) is 3.07. The standard InChI is InChI=1S/C14H24O3Si/c1-18(2,3)17-12-11-15-9-10-16-13-14-7-5-4-6-8-14/h4-8H,9-13H2,1-3H3. The Morgan fingerprint density at radius 2 is 1.44 bits per heavy atom. The fourth-order valence-corrected chi connectivity index (χ4v) is 2.09. The van der Waals surface area contributed by atoms with Crippen LogP contribution in [-0.4, -0.2) is 34.7 Å². The topological polar surface area (TPSA) is 27.7 Å². The third-order valence-electron chi connectivity index (χ3n) is 2.25. The molecule has 0 aliphatic heterocycles. The molecular formula is C14H24O3Si. The van der Waals surface area contributed by atoms with Gasteiger partial charge >= 0.3 is 0 Å². The zero-order valence-corrected chi connectivity index (χ0v) is 12.6. The maximum atomic E-state index is 5.68. The van der Waals surface area contributed by atoms with Gasteiger partial charge < -0.3 is 13.9 Å². The Bertz CT molecular complexity index is 309. The van der Waals surface area contributed by atoms with Crippen LogP contribution in [0.5, 0.6) is 0 Å². The van der Waals surface area contributed by atoms with Crippen molar-refractivity contribution in [2.75, 3.05) is 26.4 Å². The van der Waals surface area contributed by atoms with Crippen LogP contribution in [0.1, 0.15) is 5.56 Å². The first-order valence-electron chi connectivity index (χ1n) is 6.41. The van der Waals surface area contributed by atoms with Gasteiger partial charge in [0, 0.05) is 0 Å². The molecule has 0 saturated heterocycles. The van der Waals surface area contributed by atoms with E-state index >= 15 is 0 Å². The van der Waals surface area contributed by atoms with Crippen LogP contribution in [0.25, 0.3) is 0 Å². The quantitative estimate of drug-likeness (QED) is 0.509. The molecule has 18 heavy (non-hydrogen) atoms. The van der Waals surface area contributed by atoms with Gasteiger partial charge in [-0.25, -0.2) is 0 Å². The fraction of sp³-hybridized carbons (Fsp3) is 0.571. The third-order valence-corrected chi connectivity index (χ3v) is 3.32. The Balaban J connectivity index is 1.90. The van der Waals surface area contributed by atoms with Crippen molar-refractivity contribution in [3.8, 4) is 0 Å². The molecule has 102 valence electrons. The average molecular weight is 268 g/mol. The molecule has 0 amide bonds. The highest BCUT2D eigenvalue weighted by atomic mass is 28.4. The summed E-state index contributed by atoms with van der Waals surface area (Å²) in [6.45, 7) is 9.77. The summed E-state index contributed by atoms with van der Waals surface area (Å²) in [7, 11) is -1.39. The Hall–Kier alpha value is -0.683. The van der Waals surface area contributed by atoms with Crippen LogP contribution >= 0.6 is 0 Å². The zero-order valence-electron chi connectivity index (χ0n) is 11.6. The van der Waals surface area contributed by atoms with Gasteiger partial charge in [0.25, 0.3) is 0 Å². The first kappa shape index (κ1) is 15.4. The van der Waals surface area contributed by atoms with Gasteiger partial charge in [-0.3, -0.25) is 0 Å². The minimum atomic E-state index is -1.39. The number of rotatable bonds is 9. The summed E-state index contributed by atoms with van der Waals surface area (Å²) in [5.41, 5.74) is 1.19. The van der Waals surface area contributed by atoms with Crippen LogP contribution in [0.2, 0.25) is 19.6 Å². The second-order valence-electron chi connectivity index (χ2n) is 5.11. The zero-order chi connectivity index (χ0) is 13.3. The van der Waals surface area contributed by atoms with Crippen molar-refractivity contribution >= 4 is 8.32 Å². The van der Waals surface area contributed by atoms with E-state index in [0.717, 1.165) is 0 Å². The second kappa shape index (κ2) is 8.42. The third kappa shape index (κ3) is 8.41. The van der Waals surface area contributed by atoms with Crippen LogP contribution in [0.15, 0.2) is 30.3 Å². The van der Waals surface area contributed by atoms with E-state index < -0.39 is 8.32 Å². The van der Waals surface area contributed by atoms with Gasteiger partial charge in [0.15, 0.2) is 8.32 Å². The number of hydrogen-bond acceptors (Lipinski definition) is 3. The molecule has 0 N–H and O–H groups in total. The van der Waals surface area contributed by atoms with Crippen LogP contribution < -0.4 is 0 Å². The first-order chi connectivity index (χ1) is 8.58. The van der Waals surface area contributed by atoms with Crippen LogP contribution in [0, 0.1) is 0 Å². The summed E-state index contributed by atoms with van der Waals surface area (Å²) in [6.07, 6.45) is 0. The van der Waals surface area contributed by atoms with Gasteiger partial charge in [-0.15, -0.1) is 0 Å². The molecule has 0 fully saturated rings. The highest BCUT2D eigenvalue weighted by Gasteiger charge is 2.12. The molecule has 1 rings (SSSR count). The van der Waals surface area contributed by atoms with E-state index in [-0.39, 0.29) is 0 Å². The molecule has 0 radical (unpaired) electrons. The smallest absolute Gasteiger partial charge is 0.183 e. The minimum absolute atomic E-state index is 0.627. The number of hydrogen-bond donors (Lipinski definition) is 0. The Labute approximate surface area is 111 Å². The molecule has 1 aromatic rings. The molecule has 0 bridgehead atoms. The van der Waals surface area contributed by atoms with E-state index in [0.29, 0.717) is 33.0 Å². The molecule has 4 heteroatoms. The van der Waals surface area contributed by atoms with E-state index in [1.165, 1.54) is 5.56 Å². The summed E-state index contributed by atoms with van der Waals surface area (Å²) < 4.78 is 16.6. The maximum absolute atomic E-state index is 5.68. The van der Waals surface area contributed by atoms with Gasteiger partial charge in [-0.1, -0.05) is 30.3 Å².